The fraction of sp³-hybridized carbons (Fsp3) is 0. The second-order valence-corrected chi connectivity index (χ2v) is 3.31. The number of amides is 1. The van der Waals surface area contributed by atoms with Gasteiger partial charge >= 0.3 is 0 Å². The summed E-state index contributed by atoms with van der Waals surface area (Å²) in [6, 6.07) is 2.66. The highest BCUT2D eigenvalue weighted by Gasteiger charge is 2.21. The summed E-state index contributed by atoms with van der Waals surface area (Å²) < 4.78 is 13.0. The molecular formula is C10H7FN4O3. The second-order valence-electron chi connectivity index (χ2n) is 3.31. The van der Waals surface area contributed by atoms with E-state index in [4.69, 9.17) is 0 Å². The Hall–Kier alpha value is -2.77. The molecule has 0 aliphatic carbocycles. The molecule has 7 nitrogen and oxygen atoms in total. The first-order valence-corrected chi connectivity index (χ1v) is 4.82. The molecule has 2 N–H and O–H groups in total. The van der Waals surface area contributed by atoms with E-state index >= 15 is 0 Å². The highest BCUT2D eigenvalue weighted by Crippen LogP contribution is 2.20. The van der Waals surface area contributed by atoms with E-state index in [9.17, 15) is 19.3 Å². The van der Waals surface area contributed by atoms with Gasteiger partial charge in [0.05, 0.1) is 4.92 Å². The molecule has 1 heterocycles. The Morgan fingerprint density at radius 3 is 2.89 bits per heavy atom. The smallest absolute Gasteiger partial charge is 0.282 e. The highest BCUT2D eigenvalue weighted by molar-refractivity contribution is 6.06. The zero-order valence-electron chi connectivity index (χ0n) is 8.88. The molecule has 1 amide bonds. The minimum atomic E-state index is -0.809. The molecule has 1 aromatic carbocycles. The third-order valence-corrected chi connectivity index (χ3v) is 2.13. The number of nitro benzene ring substituents is 1. The number of carbonyl (C=O) groups excluding carboxylic acids is 1. The Morgan fingerprint density at radius 2 is 2.28 bits per heavy atom. The molecule has 0 fully saturated rings. The first-order valence-electron chi connectivity index (χ1n) is 4.82. The van der Waals surface area contributed by atoms with Crippen molar-refractivity contribution < 1.29 is 14.1 Å². The fourth-order valence-corrected chi connectivity index (χ4v) is 1.36. The molecule has 0 radical (unpaired) electrons. The quantitative estimate of drug-likeness (QED) is 0.639. The van der Waals surface area contributed by atoms with Gasteiger partial charge in [0.2, 0.25) is 5.95 Å². The van der Waals surface area contributed by atoms with Crippen molar-refractivity contribution in [3.63, 3.8) is 0 Å². The normalized spacial score (nSPS) is 10.1. The summed E-state index contributed by atoms with van der Waals surface area (Å²) >= 11 is 0. The van der Waals surface area contributed by atoms with E-state index in [1.807, 2.05) is 0 Å². The summed E-state index contributed by atoms with van der Waals surface area (Å²) in [6.45, 7) is 0. The monoisotopic (exact) mass is 250 g/mol. The second kappa shape index (κ2) is 4.62. The van der Waals surface area contributed by atoms with Crippen LogP contribution in [0.25, 0.3) is 0 Å². The van der Waals surface area contributed by atoms with Crippen LogP contribution in [0.15, 0.2) is 30.6 Å². The lowest BCUT2D eigenvalue weighted by Crippen LogP contribution is -2.15. The predicted molar refractivity (Wildman–Crippen MR) is 59.6 cm³/mol. The number of hydrogen-bond acceptors (Lipinski definition) is 4. The van der Waals surface area contributed by atoms with Gasteiger partial charge in [0.15, 0.2) is 0 Å². The van der Waals surface area contributed by atoms with Crippen LogP contribution in [0.4, 0.5) is 16.0 Å². The van der Waals surface area contributed by atoms with Gasteiger partial charge in [-0.1, -0.05) is 0 Å². The maximum atomic E-state index is 13.0. The largest absolute Gasteiger partial charge is 0.331 e. The minimum Gasteiger partial charge on any atom is -0.331 e. The summed E-state index contributed by atoms with van der Waals surface area (Å²) in [7, 11) is 0. The van der Waals surface area contributed by atoms with Gasteiger partial charge in [0, 0.05) is 18.5 Å². The SMILES string of the molecule is O=C(Nc1ncc[nH]1)c1cc(F)ccc1[N+](=O)[O-]. The van der Waals surface area contributed by atoms with Crippen LogP contribution in [0.3, 0.4) is 0 Å². The van der Waals surface area contributed by atoms with Crippen LogP contribution >= 0.6 is 0 Å². The van der Waals surface area contributed by atoms with Crippen molar-refractivity contribution in [2.75, 3.05) is 5.32 Å². The van der Waals surface area contributed by atoms with Gasteiger partial charge in [-0.3, -0.25) is 20.2 Å². The van der Waals surface area contributed by atoms with E-state index in [0.717, 1.165) is 18.2 Å². The van der Waals surface area contributed by atoms with Crippen molar-refractivity contribution in [2.24, 2.45) is 0 Å². The molecule has 1 aromatic heterocycles. The topological polar surface area (TPSA) is 101 Å². The van der Waals surface area contributed by atoms with Crippen molar-refractivity contribution in [3.8, 4) is 0 Å². The van der Waals surface area contributed by atoms with Gasteiger partial charge in [0.1, 0.15) is 11.4 Å². The van der Waals surface area contributed by atoms with Gasteiger partial charge in [-0.25, -0.2) is 9.37 Å². The zero-order chi connectivity index (χ0) is 13.1. The molecule has 0 atom stereocenters. The number of aromatic nitrogens is 2. The van der Waals surface area contributed by atoms with Crippen LogP contribution < -0.4 is 5.32 Å². The number of hydrogen-bond donors (Lipinski definition) is 2. The van der Waals surface area contributed by atoms with Gasteiger partial charge in [0.25, 0.3) is 11.6 Å². The van der Waals surface area contributed by atoms with E-state index in [1.165, 1.54) is 12.4 Å². The number of halogens is 1. The molecule has 0 aliphatic heterocycles. The van der Waals surface area contributed by atoms with E-state index in [-0.39, 0.29) is 11.5 Å². The fourth-order valence-electron chi connectivity index (χ4n) is 1.36. The van der Waals surface area contributed by atoms with E-state index in [2.05, 4.69) is 15.3 Å². The lowest BCUT2D eigenvalue weighted by Gasteiger charge is -2.03. The first kappa shape index (κ1) is 11.7. The number of imidazole rings is 1. The number of benzene rings is 1. The number of aromatic amines is 1. The van der Waals surface area contributed by atoms with Crippen molar-refractivity contribution >= 4 is 17.5 Å². The van der Waals surface area contributed by atoms with Crippen LogP contribution in [0, 0.1) is 15.9 Å². The third kappa shape index (κ3) is 2.32. The zero-order valence-corrected chi connectivity index (χ0v) is 8.88. The standard InChI is InChI=1S/C10H7FN4O3/c11-6-1-2-8(15(17)18)7(5-6)9(16)14-10-12-3-4-13-10/h1-5H,(H2,12,13,14,16). The Bertz CT molecular complexity index is 597. The molecule has 0 aliphatic rings. The molecular weight excluding hydrogens is 243 g/mol. The predicted octanol–water partition coefficient (Wildman–Crippen LogP) is 1.71. The van der Waals surface area contributed by atoms with Crippen molar-refractivity contribution in [3.05, 3.63) is 52.1 Å². The Balaban J connectivity index is 2.34. The highest BCUT2D eigenvalue weighted by atomic mass is 19.1. The summed E-state index contributed by atoms with van der Waals surface area (Å²) in [5, 5.41) is 13.0. The summed E-state index contributed by atoms with van der Waals surface area (Å²) in [5.41, 5.74) is -0.836. The Labute approximate surface area is 99.8 Å². The molecule has 0 saturated heterocycles. The summed E-state index contributed by atoms with van der Waals surface area (Å²) in [4.78, 5) is 28.0. The number of nitro groups is 1. The summed E-state index contributed by atoms with van der Waals surface area (Å²) in [5.74, 6) is -1.42. The number of anilines is 1. The van der Waals surface area contributed by atoms with Gasteiger partial charge < -0.3 is 4.98 Å². The molecule has 0 bridgehead atoms. The van der Waals surface area contributed by atoms with E-state index in [0.29, 0.717) is 0 Å². The first-order chi connectivity index (χ1) is 8.58. The average Bonchev–Trinajstić information content (AvgIpc) is 2.81. The number of carbonyl (C=O) groups is 1. The van der Waals surface area contributed by atoms with E-state index < -0.39 is 22.3 Å². The third-order valence-electron chi connectivity index (χ3n) is 2.13. The molecule has 0 saturated carbocycles. The summed E-state index contributed by atoms with van der Waals surface area (Å²) in [6.07, 6.45) is 2.87. The van der Waals surface area contributed by atoms with Crippen LogP contribution in [0.2, 0.25) is 0 Å². The Kier molecular flexibility index (Phi) is 3.00. The maximum absolute atomic E-state index is 13.0. The lowest BCUT2D eigenvalue weighted by atomic mass is 10.1. The van der Waals surface area contributed by atoms with Gasteiger partial charge in [-0.15, -0.1) is 0 Å². The molecule has 18 heavy (non-hydrogen) atoms. The number of rotatable bonds is 3. The molecule has 0 spiro atoms. The Morgan fingerprint density at radius 1 is 1.50 bits per heavy atom. The molecule has 2 aromatic rings. The van der Waals surface area contributed by atoms with Crippen molar-refractivity contribution in [1.82, 2.24) is 9.97 Å². The average molecular weight is 250 g/mol. The van der Waals surface area contributed by atoms with Crippen molar-refractivity contribution in [1.29, 1.82) is 0 Å². The molecule has 0 unspecified atom stereocenters. The molecule has 8 heteroatoms. The van der Waals surface area contributed by atoms with Gasteiger partial charge in [-0.05, 0) is 12.1 Å². The minimum absolute atomic E-state index is 0.124. The lowest BCUT2D eigenvalue weighted by molar-refractivity contribution is -0.385. The van der Waals surface area contributed by atoms with Gasteiger partial charge in [-0.2, -0.15) is 0 Å². The number of nitrogens with one attached hydrogen (secondary N) is 2. The maximum Gasteiger partial charge on any atom is 0.282 e. The van der Waals surface area contributed by atoms with Crippen molar-refractivity contribution in [2.45, 2.75) is 0 Å². The van der Waals surface area contributed by atoms with E-state index in [1.54, 1.807) is 0 Å². The van der Waals surface area contributed by atoms with Crippen LogP contribution in [-0.4, -0.2) is 20.8 Å². The molecule has 92 valence electrons. The number of nitrogens with zero attached hydrogens (tertiary/aromatic N) is 2. The number of H-pyrrole nitrogens is 1. The van der Waals surface area contributed by atoms with Crippen LogP contribution in [0.1, 0.15) is 10.4 Å². The molecule has 2 rings (SSSR count). The van der Waals surface area contributed by atoms with Crippen LogP contribution in [-0.2, 0) is 0 Å². The van der Waals surface area contributed by atoms with Crippen LogP contribution in [0.5, 0.6) is 0 Å².